The lowest BCUT2D eigenvalue weighted by Gasteiger charge is -2.37. The number of nitrogens with one attached hydrogen (secondary N) is 4. The van der Waals surface area contributed by atoms with Gasteiger partial charge in [-0.1, -0.05) is 18.2 Å². The van der Waals surface area contributed by atoms with Crippen molar-refractivity contribution in [2.24, 2.45) is 0 Å². The van der Waals surface area contributed by atoms with Gasteiger partial charge >= 0.3 is 12.2 Å². The molecule has 0 saturated carbocycles. The number of para-hydroxylation sites is 1. The molecule has 59 heavy (non-hydrogen) atoms. The number of pyridine rings is 1. The molecule has 2 fully saturated rings. The normalized spacial score (nSPS) is 16.0. The number of piperazine rings is 1. The van der Waals surface area contributed by atoms with E-state index in [1.54, 1.807) is 30.3 Å². The van der Waals surface area contributed by atoms with Gasteiger partial charge < -0.3 is 25.6 Å². The lowest BCUT2D eigenvalue weighted by molar-refractivity contribution is -0.137. The number of nitrogens with zero attached hydrogens (tertiary/aromatic N) is 5. The summed E-state index contributed by atoms with van der Waals surface area (Å²) in [6, 6.07) is 15.5. The second-order valence-electron chi connectivity index (χ2n) is 14.6. The number of hydrogen-bond donors (Lipinski definition) is 4. The Labute approximate surface area is 337 Å². The number of hydrogen-bond acceptors (Lipinski definition) is 11. The Morgan fingerprint density at radius 1 is 0.881 bits per heavy atom. The van der Waals surface area contributed by atoms with Crippen LogP contribution in [-0.2, 0) is 17.5 Å². The number of benzene rings is 3. The molecule has 6 amide bonds. The molecular weight excluding hydrogens is 772 g/mol. The molecule has 4 aromatic rings. The Kier molecular flexibility index (Phi) is 11.2. The molecule has 0 spiro atoms. The summed E-state index contributed by atoms with van der Waals surface area (Å²) in [5.74, 6) is -1.58. The van der Waals surface area contributed by atoms with Crippen molar-refractivity contribution in [1.82, 2.24) is 30.5 Å². The minimum atomic E-state index is -4.73. The van der Waals surface area contributed by atoms with Crippen molar-refractivity contribution in [2.45, 2.75) is 46.0 Å². The molecule has 4 heterocycles. The highest BCUT2D eigenvalue weighted by Gasteiger charge is 2.43. The molecule has 0 aliphatic carbocycles. The van der Waals surface area contributed by atoms with Crippen molar-refractivity contribution in [3.63, 3.8) is 0 Å². The van der Waals surface area contributed by atoms with Gasteiger partial charge in [0.05, 0.1) is 52.0 Å². The molecule has 2 saturated heterocycles. The molecular formula is C41H42F3N9O6. The zero-order valence-electron chi connectivity index (χ0n) is 32.7. The van der Waals surface area contributed by atoms with E-state index in [1.165, 1.54) is 25.2 Å². The van der Waals surface area contributed by atoms with Gasteiger partial charge in [0, 0.05) is 70.2 Å². The summed E-state index contributed by atoms with van der Waals surface area (Å²) in [6.07, 6.45) is -4.25. The van der Waals surface area contributed by atoms with Crippen LogP contribution in [0, 0.1) is 6.92 Å². The summed E-state index contributed by atoms with van der Waals surface area (Å²) < 4.78 is 48.7. The largest absolute Gasteiger partial charge is 0.489 e. The quantitative estimate of drug-likeness (QED) is 0.135. The van der Waals surface area contributed by atoms with Crippen LogP contribution in [0.3, 0.4) is 0 Å². The van der Waals surface area contributed by atoms with Crippen LogP contribution in [0.4, 0.5) is 46.5 Å². The number of carbonyl (C=O) groups is 5. The lowest BCUT2D eigenvalue weighted by atomic mass is 10.0. The first-order valence-electron chi connectivity index (χ1n) is 18.9. The van der Waals surface area contributed by atoms with E-state index in [1.807, 2.05) is 32.9 Å². The molecule has 0 atom stereocenters. The molecule has 308 valence electrons. The summed E-state index contributed by atoms with van der Waals surface area (Å²) in [6.45, 7) is 8.77. The average molecular weight is 814 g/mol. The smallest absolute Gasteiger partial charge is 0.419 e. The number of aryl methyl sites for hydroxylation is 1. The van der Waals surface area contributed by atoms with Gasteiger partial charge in [0.1, 0.15) is 11.6 Å². The first-order valence-corrected chi connectivity index (χ1v) is 18.9. The number of carbonyl (C=O) groups excluding carboxylic acids is 5. The Bertz CT molecular complexity index is 2350. The Morgan fingerprint density at radius 3 is 2.31 bits per heavy atom. The van der Waals surface area contributed by atoms with Gasteiger partial charge in [-0.3, -0.25) is 29.4 Å². The number of imide groups is 2. The lowest BCUT2D eigenvalue weighted by Crippen LogP contribution is -2.58. The molecule has 0 unspecified atom stereocenters. The SMILES string of the molecule is CNC(=O)c1ccccc1Nc1cc(Nc2cc(C)c(N3CCN(Cc4ccc5c(c4)C(=O)N(N4CCC(=O)NC4=O)C5=O)CC3)cc2OC(C)C)ncc1C(F)(F)F. The number of rotatable bonds is 11. The maximum absolute atomic E-state index is 14.2. The fraction of sp³-hybridized carbons (Fsp3) is 0.317. The first-order chi connectivity index (χ1) is 28.1. The molecule has 15 nitrogen and oxygen atoms in total. The second-order valence-corrected chi connectivity index (χ2v) is 14.6. The fourth-order valence-electron chi connectivity index (χ4n) is 7.27. The van der Waals surface area contributed by atoms with Crippen LogP contribution in [0.5, 0.6) is 5.75 Å². The minimum absolute atomic E-state index is 0.0264. The Balaban J connectivity index is 1.05. The maximum atomic E-state index is 14.2. The predicted molar refractivity (Wildman–Crippen MR) is 212 cm³/mol. The van der Waals surface area contributed by atoms with Crippen molar-refractivity contribution < 1.29 is 41.9 Å². The number of halogens is 3. The summed E-state index contributed by atoms with van der Waals surface area (Å²) >= 11 is 0. The molecule has 4 N–H and O–H groups in total. The molecule has 1 aromatic heterocycles. The Hall–Kier alpha value is -6.69. The van der Waals surface area contributed by atoms with Crippen LogP contribution in [0.1, 0.15) is 68.0 Å². The van der Waals surface area contributed by atoms with Crippen molar-refractivity contribution in [3.05, 3.63) is 100 Å². The number of urea groups is 1. The van der Waals surface area contributed by atoms with E-state index in [0.717, 1.165) is 33.0 Å². The van der Waals surface area contributed by atoms with E-state index in [0.29, 0.717) is 44.2 Å². The predicted octanol–water partition coefficient (Wildman–Crippen LogP) is 5.82. The topological polar surface area (TPSA) is 169 Å². The van der Waals surface area contributed by atoms with Gasteiger partial charge in [-0.15, -0.1) is 0 Å². The number of amides is 6. The van der Waals surface area contributed by atoms with Crippen LogP contribution in [0.15, 0.2) is 66.9 Å². The summed E-state index contributed by atoms with van der Waals surface area (Å²) in [4.78, 5) is 71.4. The molecule has 0 radical (unpaired) electrons. The third-order valence-electron chi connectivity index (χ3n) is 10.1. The summed E-state index contributed by atoms with van der Waals surface area (Å²) in [5.41, 5.74) is 2.58. The van der Waals surface area contributed by atoms with E-state index in [2.05, 4.69) is 36.1 Å². The highest BCUT2D eigenvalue weighted by atomic mass is 19.4. The van der Waals surface area contributed by atoms with Crippen molar-refractivity contribution in [3.8, 4) is 5.75 Å². The second kappa shape index (κ2) is 16.3. The van der Waals surface area contributed by atoms with Gasteiger partial charge in [-0.2, -0.15) is 18.2 Å². The van der Waals surface area contributed by atoms with Gasteiger partial charge in [0.2, 0.25) is 5.91 Å². The van der Waals surface area contributed by atoms with E-state index in [-0.39, 0.29) is 53.0 Å². The van der Waals surface area contributed by atoms with Crippen molar-refractivity contribution in [2.75, 3.05) is 55.3 Å². The first kappa shape index (κ1) is 40.5. The van der Waals surface area contributed by atoms with Gasteiger partial charge in [0.15, 0.2) is 0 Å². The van der Waals surface area contributed by atoms with Crippen LogP contribution in [0.25, 0.3) is 0 Å². The molecule has 0 bridgehead atoms. The minimum Gasteiger partial charge on any atom is -0.489 e. The summed E-state index contributed by atoms with van der Waals surface area (Å²) in [5, 5.41) is 12.3. The number of alkyl halides is 3. The van der Waals surface area contributed by atoms with Crippen LogP contribution < -0.4 is 30.9 Å². The van der Waals surface area contributed by atoms with Crippen LogP contribution in [0.2, 0.25) is 0 Å². The zero-order chi connectivity index (χ0) is 42.2. The van der Waals surface area contributed by atoms with E-state index >= 15 is 0 Å². The Morgan fingerprint density at radius 2 is 1.61 bits per heavy atom. The van der Waals surface area contributed by atoms with Gasteiger partial charge in [-0.05, 0) is 62.2 Å². The van der Waals surface area contributed by atoms with Crippen molar-refractivity contribution in [1.29, 1.82) is 0 Å². The van der Waals surface area contributed by atoms with E-state index < -0.39 is 41.4 Å². The highest BCUT2D eigenvalue weighted by molar-refractivity contribution is 6.22. The number of hydrazine groups is 1. The van der Waals surface area contributed by atoms with E-state index in [4.69, 9.17) is 4.74 Å². The highest BCUT2D eigenvalue weighted by Crippen LogP contribution is 2.40. The molecule has 3 aromatic carbocycles. The molecule has 7 rings (SSSR count). The monoisotopic (exact) mass is 813 g/mol. The number of anilines is 5. The van der Waals surface area contributed by atoms with Gasteiger partial charge in [-0.25, -0.2) is 14.8 Å². The average Bonchev–Trinajstić information content (AvgIpc) is 3.43. The third kappa shape index (κ3) is 8.48. The van der Waals surface area contributed by atoms with Gasteiger partial charge in [0.25, 0.3) is 17.7 Å². The number of fused-ring (bicyclic) bond motifs is 1. The van der Waals surface area contributed by atoms with Crippen molar-refractivity contribution >= 4 is 58.2 Å². The maximum Gasteiger partial charge on any atom is 0.419 e. The number of aromatic nitrogens is 1. The van der Waals surface area contributed by atoms with E-state index in [9.17, 15) is 37.1 Å². The van der Waals surface area contributed by atoms with Crippen LogP contribution in [-0.4, -0.2) is 95.4 Å². The third-order valence-corrected chi connectivity index (χ3v) is 10.1. The molecule has 3 aliphatic rings. The fourth-order valence-corrected chi connectivity index (χ4v) is 7.27. The zero-order valence-corrected chi connectivity index (χ0v) is 32.7. The summed E-state index contributed by atoms with van der Waals surface area (Å²) in [7, 11) is 1.44. The molecule has 3 aliphatic heterocycles. The van der Waals surface area contributed by atoms with Crippen LogP contribution >= 0.6 is 0 Å². The standard InChI is InChI=1S/C41H42F3N9O6/c1-23(2)59-34-20-33(24(3)17-32(34)48-35-19-31(29(21-46-35)41(42,43)44)47-30-8-6-5-7-27(30)37(55)45-4)51-15-13-50(14-16-51)22-25-9-10-26-28(18-25)39(57)53(38(26)56)52-12-11-36(54)49-40(52)58/h5-10,17-21,23H,11-16,22H2,1-4H3,(H,45,55)(H2,46,47,48)(H,49,54,58). The molecule has 18 heteroatoms. The number of ether oxygens (including phenoxy) is 1.